The van der Waals surface area contributed by atoms with E-state index in [0.29, 0.717) is 38.6 Å². The molecule has 2 aliphatic heterocycles. The van der Waals surface area contributed by atoms with Gasteiger partial charge in [-0.05, 0) is 31.9 Å². The molecule has 0 aromatic heterocycles. The lowest BCUT2D eigenvalue weighted by molar-refractivity contribution is -0.0566. The number of aliphatic hydroxyl groups is 1. The summed E-state index contributed by atoms with van der Waals surface area (Å²) in [5.74, 6) is 0.798. The number of aliphatic imine (C=N–C) groups is 1. The van der Waals surface area contributed by atoms with Crippen LogP contribution >= 0.6 is 0 Å². The van der Waals surface area contributed by atoms with Gasteiger partial charge in [-0.15, -0.1) is 0 Å². The van der Waals surface area contributed by atoms with Gasteiger partial charge in [0.1, 0.15) is 0 Å². The van der Waals surface area contributed by atoms with Gasteiger partial charge >= 0.3 is 0 Å². The number of hydrogen-bond donors (Lipinski definition) is 3. The number of guanidine groups is 1. The fraction of sp³-hybridized carbons (Fsp3) is 0.650. The second kappa shape index (κ2) is 9.24. The largest absolute Gasteiger partial charge is 0.388 e. The molecule has 2 fully saturated rings. The summed E-state index contributed by atoms with van der Waals surface area (Å²) < 4.78 is 5.35. The lowest BCUT2D eigenvalue weighted by atomic mass is 9.95. The molecule has 26 heavy (non-hydrogen) atoms. The van der Waals surface area contributed by atoms with Crippen LogP contribution in [0.4, 0.5) is 5.69 Å². The van der Waals surface area contributed by atoms with Gasteiger partial charge < -0.3 is 25.4 Å². The molecule has 144 valence electrons. The van der Waals surface area contributed by atoms with Gasteiger partial charge in [0.2, 0.25) is 0 Å². The summed E-state index contributed by atoms with van der Waals surface area (Å²) in [6.45, 7) is 6.58. The minimum absolute atomic E-state index is 0.353. The van der Waals surface area contributed by atoms with Crippen LogP contribution in [-0.4, -0.2) is 62.1 Å². The second-order valence-electron chi connectivity index (χ2n) is 7.30. The molecular formula is C20H32N4O2. The number of nitrogens with one attached hydrogen (secondary N) is 2. The summed E-state index contributed by atoms with van der Waals surface area (Å²) in [5, 5.41) is 17.5. The van der Waals surface area contributed by atoms with E-state index in [1.807, 2.05) is 0 Å². The highest BCUT2D eigenvalue weighted by atomic mass is 16.5. The molecule has 3 rings (SSSR count). The van der Waals surface area contributed by atoms with Crippen molar-refractivity contribution in [2.24, 2.45) is 4.99 Å². The number of rotatable bonds is 5. The van der Waals surface area contributed by atoms with E-state index in [1.165, 1.54) is 5.69 Å². The molecule has 1 unspecified atom stereocenters. The predicted molar refractivity (Wildman–Crippen MR) is 106 cm³/mol. The SMILES string of the molecule is CCNC(=NCC1(O)CCOCC1)NC1CCCN(c2ccccc2)C1. The van der Waals surface area contributed by atoms with Crippen LogP contribution in [0.2, 0.25) is 0 Å². The van der Waals surface area contributed by atoms with Gasteiger partial charge in [-0.3, -0.25) is 4.99 Å². The van der Waals surface area contributed by atoms with Crippen molar-refractivity contribution < 1.29 is 9.84 Å². The average molecular weight is 361 g/mol. The van der Waals surface area contributed by atoms with Gasteiger partial charge in [0.15, 0.2) is 5.96 Å². The van der Waals surface area contributed by atoms with E-state index < -0.39 is 5.60 Å². The molecule has 3 N–H and O–H groups in total. The lowest BCUT2D eigenvalue weighted by Crippen LogP contribution is -2.52. The zero-order valence-electron chi connectivity index (χ0n) is 15.8. The Balaban J connectivity index is 1.59. The van der Waals surface area contributed by atoms with Crippen LogP contribution in [0.1, 0.15) is 32.6 Å². The first-order valence-corrected chi connectivity index (χ1v) is 9.83. The Kier molecular flexibility index (Phi) is 6.74. The molecule has 1 aromatic carbocycles. The van der Waals surface area contributed by atoms with E-state index in [0.717, 1.165) is 38.4 Å². The quantitative estimate of drug-likeness (QED) is 0.551. The number of benzene rings is 1. The molecule has 0 bridgehead atoms. The Morgan fingerprint density at radius 2 is 2.08 bits per heavy atom. The molecule has 6 heteroatoms. The molecule has 2 aliphatic rings. The van der Waals surface area contributed by atoms with Gasteiger partial charge in [0.25, 0.3) is 0 Å². The third kappa shape index (κ3) is 5.35. The number of piperidine rings is 1. The van der Waals surface area contributed by atoms with E-state index in [-0.39, 0.29) is 0 Å². The van der Waals surface area contributed by atoms with Crippen LogP contribution in [0.5, 0.6) is 0 Å². The Hall–Kier alpha value is -1.79. The minimum atomic E-state index is -0.733. The van der Waals surface area contributed by atoms with E-state index in [1.54, 1.807) is 0 Å². The number of anilines is 1. The Morgan fingerprint density at radius 3 is 2.81 bits per heavy atom. The Bertz CT molecular complexity index is 572. The van der Waals surface area contributed by atoms with E-state index >= 15 is 0 Å². The smallest absolute Gasteiger partial charge is 0.191 e. The summed E-state index contributed by atoms with van der Waals surface area (Å²) in [6, 6.07) is 10.9. The number of para-hydroxylation sites is 1. The van der Waals surface area contributed by atoms with Gasteiger partial charge in [0.05, 0.1) is 12.1 Å². The number of ether oxygens (including phenoxy) is 1. The summed E-state index contributed by atoms with van der Waals surface area (Å²) in [4.78, 5) is 7.10. The summed E-state index contributed by atoms with van der Waals surface area (Å²) >= 11 is 0. The number of nitrogens with zero attached hydrogens (tertiary/aromatic N) is 2. The molecular weight excluding hydrogens is 328 g/mol. The summed E-state index contributed by atoms with van der Waals surface area (Å²) in [6.07, 6.45) is 3.60. The highest BCUT2D eigenvalue weighted by Crippen LogP contribution is 2.21. The van der Waals surface area contributed by atoms with Crippen molar-refractivity contribution in [2.45, 2.75) is 44.2 Å². The maximum Gasteiger partial charge on any atom is 0.191 e. The van der Waals surface area contributed by atoms with Crippen LogP contribution in [0.25, 0.3) is 0 Å². The van der Waals surface area contributed by atoms with Crippen LogP contribution in [0.3, 0.4) is 0 Å². The maximum absolute atomic E-state index is 10.6. The highest BCUT2D eigenvalue weighted by Gasteiger charge is 2.30. The van der Waals surface area contributed by atoms with Gasteiger partial charge in [0, 0.05) is 57.4 Å². The predicted octanol–water partition coefficient (Wildman–Crippen LogP) is 1.75. The molecule has 0 saturated carbocycles. The summed E-state index contributed by atoms with van der Waals surface area (Å²) in [5.41, 5.74) is 0.543. The molecule has 1 atom stereocenters. The fourth-order valence-electron chi connectivity index (χ4n) is 3.62. The fourth-order valence-corrected chi connectivity index (χ4v) is 3.62. The summed E-state index contributed by atoms with van der Waals surface area (Å²) in [7, 11) is 0. The maximum atomic E-state index is 10.6. The topological polar surface area (TPSA) is 69.1 Å². The zero-order valence-corrected chi connectivity index (χ0v) is 15.8. The Morgan fingerprint density at radius 1 is 1.31 bits per heavy atom. The molecule has 0 radical (unpaired) electrons. The molecule has 2 saturated heterocycles. The molecule has 2 heterocycles. The van der Waals surface area contributed by atoms with Gasteiger partial charge in [-0.25, -0.2) is 0 Å². The van der Waals surface area contributed by atoms with Crippen molar-refractivity contribution in [2.75, 3.05) is 44.3 Å². The molecule has 6 nitrogen and oxygen atoms in total. The standard InChI is InChI=1S/C20H32N4O2/c1-2-21-19(22-16-20(25)10-13-26-14-11-20)23-17-7-6-12-24(15-17)18-8-4-3-5-9-18/h3-5,8-9,17,25H,2,6-7,10-16H2,1H3,(H2,21,22,23). The van der Waals surface area contributed by atoms with Crippen molar-refractivity contribution in [3.8, 4) is 0 Å². The van der Waals surface area contributed by atoms with Crippen LogP contribution < -0.4 is 15.5 Å². The Labute approximate surface area is 156 Å². The monoisotopic (exact) mass is 360 g/mol. The normalized spacial score (nSPS) is 23.5. The van der Waals surface area contributed by atoms with Crippen molar-refractivity contribution in [3.05, 3.63) is 30.3 Å². The highest BCUT2D eigenvalue weighted by molar-refractivity contribution is 5.80. The van der Waals surface area contributed by atoms with Crippen molar-refractivity contribution in [3.63, 3.8) is 0 Å². The third-order valence-corrected chi connectivity index (χ3v) is 5.18. The average Bonchev–Trinajstić information content (AvgIpc) is 2.68. The zero-order chi connectivity index (χ0) is 18.2. The van der Waals surface area contributed by atoms with Crippen LogP contribution in [-0.2, 0) is 4.74 Å². The second-order valence-corrected chi connectivity index (χ2v) is 7.30. The number of hydrogen-bond acceptors (Lipinski definition) is 4. The van der Waals surface area contributed by atoms with Crippen LogP contribution in [0.15, 0.2) is 35.3 Å². The van der Waals surface area contributed by atoms with E-state index in [9.17, 15) is 5.11 Å². The first kappa shape index (κ1) is 19.0. The van der Waals surface area contributed by atoms with E-state index in [2.05, 4.69) is 57.8 Å². The van der Waals surface area contributed by atoms with Crippen molar-refractivity contribution in [1.82, 2.24) is 10.6 Å². The van der Waals surface area contributed by atoms with Crippen LogP contribution in [0, 0.1) is 0 Å². The molecule has 1 aromatic rings. The lowest BCUT2D eigenvalue weighted by Gasteiger charge is -2.35. The van der Waals surface area contributed by atoms with Gasteiger partial charge in [-0.1, -0.05) is 18.2 Å². The van der Waals surface area contributed by atoms with Crippen molar-refractivity contribution >= 4 is 11.6 Å². The minimum Gasteiger partial charge on any atom is -0.388 e. The molecule has 0 aliphatic carbocycles. The van der Waals surface area contributed by atoms with Crippen molar-refractivity contribution in [1.29, 1.82) is 0 Å². The first-order chi connectivity index (χ1) is 12.7. The molecule has 0 spiro atoms. The van der Waals surface area contributed by atoms with E-state index in [4.69, 9.17) is 4.74 Å². The molecule has 0 amide bonds. The third-order valence-electron chi connectivity index (χ3n) is 5.18. The first-order valence-electron chi connectivity index (χ1n) is 9.83. The van der Waals surface area contributed by atoms with Gasteiger partial charge in [-0.2, -0.15) is 0 Å².